The normalized spacial score (nSPS) is 11.6. The zero-order valence-electron chi connectivity index (χ0n) is 9.35. The van der Waals surface area contributed by atoms with Crippen molar-refractivity contribution in [3.8, 4) is 0 Å². The molecule has 17 heavy (non-hydrogen) atoms. The van der Waals surface area contributed by atoms with Crippen molar-refractivity contribution in [2.75, 3.05) is 5.32 Å². The molecule has 90 valence electrons. The number of anilines is 1. The summed E-state index contributed by atoms with van der Waals surface area (Å²) in [5.74, 6) is -0.872. The molecule has 1 atom stereocenters. The fraction of sp³-hybridized carbons (Fsp3) is 0.167. The molecule has 1 aromatic carbocycles. The monoisotopic (exact) mass is 233 g/mol. The number of amides is 2. The van der Waals surface area contributed by atoms with Gasteiger partial charge in [-0.05, 0) is 24.6 Å². The molecule has 1 unspecified atom stereocenters. The largest absolute Gasteiger partial charge is 0.366 e. The predicted molar refractivity (Wildman–Crippen MR) is 66.4 cm³/mol. The lowest BCUT2D eigenvalue weighted by molar-refractivity contribution is -0.117. The van der Waals surface area contributed by atoms with Crippen molar-refractivity contribution in [1.29, 1.82) is 0 Å². The molecule has 0 bridgehead atoms. The summed E-state index contributed by atoms with van der Waals surface area (Å²) in [5, 5.41) is 2.60. The highest BCUT2D eigenvalue weighted by molar-refractivity contribution is 5.97. The standard InChI is InChI=1S/C12H15N3O2/c1-2-4-10(13)12(17)15-9-6-3-5-8(7-9)11(14)16/h2-3,5-7,10H,1,4,13H2,(H2,14,16)(H,15,17). The van der Waals surface area contributed by atoms with E-state index >= 15 is 0 Å². The molecule has 0 radical (unpaired) electrons. The van der Waals surface area contributed by atoms with Gasteiger partial charge in [-0.25, -0.2) is 0 Å². The minimum Gasteiger partial charge on any atom is -0.366 e. The Morgan fingerprint density at radius 2 is 2.18 bits per heavy atom. The van der Waals surface area contributed by atoms with Crippen LogP contribution in [0.3, 0.4) is 0 Å². The third kappa shape index (κ3) is 3.73. The lowest BCUT2D eigenvalue weighted by Gasteiger charge is -2.10. The summed E-state index contributed by atoms with van der Waals surface area (Å²) in [4.78, 5) is 22.5. The molecule has 0 aliphatic carbocycles. The Hall–Kier alpha value is -2.14. The van der Waals surface area contributed by atoms with E-state index in [-0.39, 0.29) is 5.91 Å². The van der Waals surface area contributed by atoms with E-state index in [1.54, 1.807) is 24.3 Å². The van der Waals surface area contributed by atoms with Gasteiger partial charge in [-0.2, -0.15) is 0 Å². The molecule has 0 aromatic heterocycles. The molecule has 0 saturated heterocycles. The fourth-order valence-electron chi connectivity index (χ4n) is 1.27. The van der Waals surface area contributed by atoms with Crippen LogP contribution >= 0.6 is 0 Å². The predicted octanol–water partition coefficient (Wildman–Crippen LogP) is 0.627. The van der Waals surface area contributed by atoms with Gasteiger partial charge in [0.2, 0.25) is 11.8 Å². The second-order valence-electron chi connectivity index (χ2n) is 3.57. The molecule has 5 nitrogen and oxygen atoms in total. The van der Waals surface area contributed by atoms with Crippen molar-refractivity contribution in [1.82, 2.24) is 0 Å². The Bertz CT molecular complexity index is 443. The lowest BCUT2D eigenvalue weighted by Crippen LogP contribution is -2.35. The number of carbonyl (C=O) groups is 2. The van der Waals surface area contributed by atoms with E-state index in [0.29, 0.717) is 17.7 Å². The second kappa shape index (κ2) is 5.81. The summed E-state index contributed by atoms with van der Waals surface area (Å²) in [6.45, 7) is 3.51. The zero-order chi connectivity index (χ0) is 12.8. The summed E-state index contributed by atoms with van der Waals surface area (Å²) in [5.41, 5.74) is 11.6. The van der Waals surface area contributed by atoms with E-state index in [0.717, 1.165) is 0 Å². The van der Waals surface area contributed by atoms with E-state index in [9.17, 15) is 9.59 Å². The summed E-state index contributed by atoms with van der Waals surface area (Å²) in [7, 11) is 0. The van der Waals surface area contributed by atoms with Gasteiger partial charge in [0.15, 0.2) is 0 Å². The first-order valence-corrected chi connectivity index (χ1v) is 5.12. The highest BCUT2D eigenvalue weighted by atomic mass is 16.2. The number of hydrogen-bond acceptors (Lipinski definition) is 3. The van der Waals surface area contributed by atoms with Crippen LogP contribution in [0.4, 0.5) is 5.69 Å². The molecule has 0 heterocycles. The smallest absolute Gasteiger partial charge is 0.248 e. The van der Waals surface area contributed by atoms with Gasteiger partial charge in [-0.3, -0.25) is 9.59 Å². The molecule has 1 rings (SSSR count). The lowest BCUT2D eigenvalue weighted by atomic mass is 10.1. The molecule has 1 aromatic rings. The van der Waals surface area contributed by atoms with Crippen LogP contribution in [0, 0.1) is 0 Å². The van der Waals surface area contributed by atoms with Crippen molar-refractivity contribution in [3.63, 3.8) is 0 Å². The first-order chi connectivity index (χ1) is 8.04. The number of carbonyl (C=O) groups excluding carboxylic acids is 2. The van der Waals surface area contributed by atoms with Gasteiger partial charge >= 0.3 is 0 Å². The third-order valence-electron chi connectivity index (χ3n) is 2.17. The van der Waals surface area contributed by atoms with Crippen LogP contribution in [0.5, 0.6) is 0 Å². The molecular formula is C12H15N3O2. The van der Waals surface area contributed by atoms with Crippen LogP contribution in [0.25, 0.3) is 0 Å². The van der Waals surface area contributed by atoms with Gasteiger partial charge in [0.05, 0.1) is 6.04 Å². The highest BCUT2D eigenvalue weighted by Crippen LogP contribution is 2.10. The Morgan fingerprint density at radius 3 is 2.76 bits per heavy atom. The number of nitrogens with one attached hydrogen (secondary N) is 1. The summed E-state index contributed by atoms with van der Waals surface area (Å²) in [6, 6.07) is 5.71. The van der Waals surface area contributed by atoms with E-state index in [1.807, 2.05) is 0 Å². The average Bonchev–Trinajstić information content (AvgIpc) is 2.29. The third-order valence-corrected chi connectivity index (χ3v) is 2.17. The van der Waals surface area contributed by atoms with Gasteiger partial charge in [-0.15, -0.1) is 6.58 Å². The fourth-order valence-corrected chi connectivity index (χ4v) is 1.27. The molecule has 2 amide bonds. The van der Waals surface area contributed by atoms with E-state index < -0.39 is 11.9 Å². The van der Waals surface area contributed by atoms with Crippen LogP contribution in [0.1, 0.15) is 16.8 Å². The van der Waals surface area contributed by atoms with Crippen molar-refractivity contribution in [3.05, 3.63) is 42.5 Å². The molecule has 0 aliphatic rings. The molecule has 0 saturated carbocycles. The van der Waals surface area contributed by atoms with E-state index in [2.05, 4.69) is 11.9 Å². The maximum atomic E-state index is 11.6. The Labute approximate surface area is 99.5 Å². The van der Waals surface area contributed by atoms with Crippen LogP contribution in [0.15, 0.2) is 36.9 Å². The van der Waals surface area contributed by atoms with E-state index in [4.69, 9.17) is 11.5 Å². The van der Waals surface area contributed by atoms with Crippen molar-refractivity contribution < 1.29 is 9.59 Å². The molecule has 0 aliphatic heterocycles. The molecule has 5 N–H and O–H groups in total. The topological polar surface area (TPSA) is 98.2 Å². The number of nitrogens with two attached hydrogens (primary N) is 2. The van der Waals surface area contributed by atoms with Crippen LogP contribution < -0.4 is 16.8 Å². The summed E-state index contributed by atoms with van der Waals surface area (Å²) < 4.78 is 0. The second-order valence-corrected chi connectivity index (χ2v) is 3.57. The van der Waals surface area contributed by atoms with Crippen molar-refractivity contribution >= 4 is 17.5 Å². The van der Waals surface area contributed by atoms with Crippen molar-refractivity contribution in [2.24, 2.45) is 11.5 Å². The van der Waals surface area contributed by atoms with Crippen molar-refractivity contribution in [2.45, 2.75) is 12.5 Å². The van der Waals surface area contributed by atoms with Crippen LogP contribution in [-0.2, 0) is 4.79 Å². The van der Waals surface area contributed by atoms with Gasteiger partial charge in [0.1, 0.15) is 0 Å². The number of primary amides is 1. The van der Waals surface area contributed by atoms with Crippen LogP contribution in [-0.4, -0.2) is 17.9 Å². The minimum absolute atomic E-state index is 0.327. The maximum absolute atomic E-state index is 11.6. The van der Waals surface area contributed by atoms with Gasteiger partial charge in [0, 0.05) is 11.3 Å². The van der Waals surface area contributed by atoms with Gasteiger partial charge in [-0.1, -0.05) is 12.1 Å². The van der Waals surface area contributed by atoms with Crippen LogP contribution in [0.2, 0.25) is 0 Å². The molecule has 0 spiro atoms. The molecule has 0 fully saturated rings. The first-order valence-electron chi connectivity index (χ1n) is 5.12. The average molecular weight is 233 g/mol. The number of hydrogen-bond donors (Lipinski definition) is 3. The zero-order valence-corrected chi connectivity index (χ0v) is 9.35. The Kier molecular flexibility index (Phi) is 4.42. The highest BCUT2D eigenvalue weighted by Gasteiger charge is 2.12. The maximum Gasteiger partial charge on any atom is 0.248 e. The Morgan fingerprint density at radius 1 is 1.47 bits per heavy atom. The van der Waals surface area contributed by atoms with Gasteiger partial charge < -0.3 is 16.8 Å². The Balaban J connectivity index is 2.74. The molecular weight excluding hydrogens is 218 g/mol. The number of benzene rings is 1. The quantitative estimate of drug-likeness (QED) is 0.650. The minimum atomic E-state index is -0.648. The molecule has 5 heteroatoms. The van der Waals surface area contributed by atoms with E-state index in [1.165, 1.54) is 6.07 Å². The summed E-state index contributed by atoms with van der Waals surface area (Å²) >= 11 is 0. The number of rotatable bonds is 5. The first kappa shape index (κ1) is 12.9. The SMILES string of the molecule is C=CCC(N)C(=O)Nc1cccc(C(N)=O)c1. The summed E-state index contributed by atoms with van der Waals surface area (Å²) in [6.07, 6.45) is 1.96. The van der Waals surface area contributed by atoms with Gasteiger partial charge in [0.25, 0.3) is 0 Å².